The second-order valence-electron chi connectivity index (χ2n) is 1.57. The third-order valence-electron chi connectivity index (χ3n) is 0.923. The van der Waals surface area contributed by atoms with E-state index in [1.54, 1.807) is 6.92 Å². The Kier molecular flexibility index (Phi) is 3.77. The lowest BCUT2D eigenvalue weighted by Gasteiger charge is -2.11. The lowest BCUT2D eigenvalue weighted by atomic mass is 10.2. The minimum Gasteiger partial charge on any atom is -0.394 e. The maximum absolute atomic E-state index is 8.66. The summed E-state index contributed by atoms with van der Waals surface area (Å²) in [5.41, 5.74) is 0. The molecule has 0 fully saturated rings. The molecule has 49 valence electrons. The number of aliphatic hydroxyl groups is 3. The van der Waals surface area contributed by atoms with Crippen LogP contribution >= 0.6 is 0 Å². The van der Waals surface area contributed by atoms with Crippen molar-refractivity contribution in [3.8, 4) is 0 Å². The highest BCUT2D eigenvalue weighted by molar-refractivity contribution is 4.76. The van der Waals surface area contributed by atoms with Crippen LogP contribution in [0.2, 0.25) is 0 Å². The maximum atomic E-state index is 8.66. The summed E-state index contributed by atoms with van der Waals surface area (Å²) in [6.45, 7) is 1.22. The average molecular weight is 119 g/mol. The van der Waals surface area contributed by atoms with Crippen LogP contribution in [-0.2, 0) is 0 Å². The van der Waals surface area contributed by atoms with Gasteiger partial charge in [-0.25, -0.2) is 0 Å². The molecule has 0 amide bonds. The zero-order valence-corrected chi connectivity index (χ0v) is 4.78. The Hall–Kier alpha value is -0.120. The van der Waals surface area contributed by atoms with Crippen LogP contribution in [-0.4, -0.2) is 34.1 Å². The van der Waals surface area contributed by atoms with Crippen molar-refractivity contribution in [1.29, 1.82) is 0 Å². The Morgan fingerprint density at radius 3 is 2.12 bits per heavy atom. The van der Waals surface area contributed by atoms with Crippen LogP contribution in [0, 0.1) is 6.42 Å². The molecule has 0 aliphatic carbocycles. The van der Waals surface area contributed by atoms with Gasteiger partial charge in [-0.2, -0.15) is 0 Å². The first-order chi connectivity index (χ1) is 3.72. The lowest BCUT2D eigenvalue weighted by Crippen LogP contribution is -2.28. The molecule has 0 saturated heterocycles. The minimum atomic E-state index is -1.03. The van der Waals surface area contributed by atoms with Crippen molar-refractivity contribution >= 4 is 0 Å². The predicted molar refractivity (Wildman–Crippen MR) is 29.1 cm³/mol. The van der Waals surface area contributed by atoms with E-state index in [0.717, 1.165) is 0 Å². The second kappa shape index (κ2) is 3.83. The molecule has 1 radical (unpaired) electrons. The normalized spacial score (nSPS) is 18.0. The van der Waals surface area contributed by atoms with Gasteiger partial charge in [0.1, 0.15) is 6.10 Å². The highest BCUT2D eigenvalue weighted by Crippen LogP contribution is 1.94. The van der Waals surface area contributed by atoms with Crippen LogP contribution in [0.15, 0.2) is 0 Å². The van der Waals surface area contributed by atoms with Crippen molar-refractivity contribution in [3.05, 3.63) is 6.42 Å². The standard InChI is InChI=1S/C5H11O3/c1-2-4(7)5(8)3-6/h2,4-8H,3H2,1H3. The van der Waals surface area contributed by atoms with E-state index in [9.17, 15) is 0 Å². The summed E-state index contributed by atoms with van der Waals surface area (Å²) in [5.74, 6) is 0. The summed E-state index contributed by atoms with van der Waals surface area (Å²) in [4.78, 5) is 0. The molecule has 2 unspecified atom stereocenters. The molecular weight excluding hydrogens is 108 g/mol. The molecule has 0 aliphatic heterocycles. The Balaban J connectivity index is 3.29. The van der Waals surface area contributed by atoms with Gasteiger partial charge in [0.2, 0.25) is 0 Å². The fraction of sp³-hybridized carbons (Fsp3) is 0.800. The van der Waals surface area contributed by atoms with Gasteiger partial charge < -0.3 is 15.3 Å². The van der Waals surface area contributed by atoms with Crippen molar-refractivity contribution in [1.82, 2.24) is 0 Å². The third kappa shape index (κ3) is 2.26. The molecule has 0 bridgehead atoms. The van der Waals surface area contributed by atoms with Crippen LogP contribution in [0.4, 0.5) is 0 Å². The van der Waals surface area contributed by atoms with E-state index in [1.807, 2.05) is 0 Å². The molecule has 0 aromatic rings. The summed E-state index contributed by atoms with van der Waals surface area (Å²) < 4.78 is 0. The van der Waals surface area contributed by atoms with Gasteiger partial charge in [0, 0.05) is 0 Å². The second-order valence-corrected chi connectivity index (χ2v) is 1.57. The van der Waals surface area contributed by atoms with Gasteiger partial charge in [-0.15, -0.1) is 0 Å². The maximum Gasteiger partial charge on any atom is 0.103 e. The zero-order chi connectivity index (χ0) is 6.57. The van der Waals surface area contributed by atoms with Crippen LogP contribution in [0.3, 0.4) is 0 Å². The molecular formula is C5H11O3. The highest BCUT2D eigenvalue weighted by Gasteiger charge is 2.11. The van der Waals surface area contributed by atoms with Crippen LogP contribution in [0.5, 0.6) is 0 Å². The van der Waals surface area contributed by atoms with Crippen molar-refractivity contribution in [2.45, 2.75) is 19.1 Å². The van der Waals surface area contributed by atoms with E-state index < -0.39 is 18.8 Å². The van der Waals surface area contributed by atoms with Gasteiger partial charge in [-0.1, -0.05) is 6.92 Å². The molecule has 0 aromatic carbocycles. The topological polar surface area (TPSA) is 60.7 Å². The van der Waals surface area contributed by atoms with Crippen molar-refractivity contribution in [2.24, 2.45) is 0 Å². The lowest BCUT2D eigenvalue weighted by molar-refractivity contribution is 0.00235. The van der Waals surface area contributed by atoms with Gasteiger partial charge in [-0.05, 0) is 6.42 Å². The molecule has 3 N–H and O–H groups in total. The molecule has 0 saturated carbocycles. The number of aliphatic hydroxyl groups excluding tert-OH is 3. The fourth-order valence-corrected chi connectivity index (χ4v) is 0.330. The molecule has 0 aromatic heterocycles. The molecule has 0 heterocycles. The number of rotatable bonds is 3. The van der Waals surface area contributed by atoms with Crippen molar-refractivity contribution in [2.75, 3.05) is 6.61 Å². The third-order valence-corrected chi connectivity index (χ3v) is 0.923. The van der Waals surface area contributed by atoms with Gasteiger partial charge in [0.25, 0.3) is 0 Å². The van der Waals surface area contributed by atoms with E-state index in [-0.39, 0.29) is 0 Å². The molecule has 3 nitrogen and oxygen atoms in total. The quantitative estimate of drug-likeness (QED) is 0.443. The van der Waals surface area contributed by atoms with Gasteiger partial charge in [0.05, 0.1) is 12.7 Å². The van der Waals surface area contributed by atoms with E-state index in [2.05, 4.69) is 0 Å². The molecule has 0 aliphatic rings. The zero-order valence-electron chi connectivity index (χ0n) is 4.78. The predicted octanol–water partition coefficient (Wildman–Crippen LogP) is -1.08. The SMILES string of the molecule is C[CH]C(O)C(O)CO. The first-order valence-electron chi connectivity index (χ1n) is 2.48. The van der Waals surface area contributed by atoms with Crippen LogP contribution in [0.25, 0.3) is 0 Å². The number of hydrogen-bond acceptors (Lipinski definition) is 3. The smallest absolute Gasteiger partial charge is 0.103 e. The summed E-state index contributed by atoms with van der Waals surface area (Å²) >= 11 is 0. The van der Waals surface area contributed by atoms with E-state index in [1.165, 1.54) is 6.42 Å². The van der Waals surface area contributed by atoms with E-state index in [0.29, 0.717) is 0 Å². The van der Waals surface area contributed by atoms with Crippen LogP contribution < -0.4 is 0 Å². The first kappa shape index (κ1) is 7.88. The number of hydrogen-bond donors (Lipinski definition) is 3. The Morgan fingerprint density at radius 1 is 1.50 bits per heavy atom. The van der Waals surface area contributed by atoms with Crippen molar-refractivity contribution < 1.29 is 15.3 Å². The molecule has 2 atom stereocenters. The van der Waals surface area contributed by atoms with Gasteiger partial charge in [0.15, 0.2) is 0 Å². The summed E-state index contributed by atoms with van der Waals surface area (Å²) in [6, 6.07) is 0. The molecule has 8 heavy (non-hydrogen) atoms. The Morgan fingerprint density at radius 2 is 2.00 bits per heavy atom. The fourth-order valence-electron chi connectivity index (χ4n) is 0.330. The highest BCUT2D eigenvalue weighted by atomic mass is 16.4. The Labute approximate surface area is 48.6 Å². The average Bonchev–Trinajstić information content (AvgIpc) is 1.84. The van der Waals surface area contributed by atoms with E-state index in [4.69, 9.17) is 15.3 Å². The van der Waals surface area contributed by atoms with E-state index >= 15 is 0 Å². The van der Waals surface area contributed by atoms with Crippen molar-refractivity contribution in [3.63, 3.8) is 0 Å². The summed E-state index contributed by atoms with van der Waals surface area (Å²) in [7, 11) is 0. The summed E-state index contributed by atoms with van der Waals surface area (Å²) in [5, 5.41) is 25.5. The largest absolute Gasteiger partial charge is 0.394 e. The minimum absolute atomic E-state index is 0.397. The molecule has 0 rings (SSSR count). The molecule has 0 spiro atoms. The van der Waals surface area contributed by atoms with Crippen LogP contribution in [0.1, 0.15) is 6.92 Å². The monoisotopic (exact) mass is 119 g/mol. The summed E-state index contributed by atoms with van der Waals surface area (Å²) in [6.07, 6.45) is -0.513. The van der Waals surface area contributed by atoms with Gasteiger partial charge in [-0.3, -0.25) is 0 Å². The first-order valence-corrected chi connectivity index (χ1v) is 2.48. The Bertz CT molecular complexity index is 47.6. The molecule has 3 heteroatoms. The van der Waals surface area contributed by atoms with Gasteiger partial charge >= 0.3 is 0 Å².